The van der Waals surface area contributed by atoms with E-state index in [1.165, 1.54) is 32.2 Å². The van der Waals surface area contributed by atoms with Gasteiger partial charge in [0.25, 0.3) is 0 Å². The normalized spacial score (nSPS) is 29.5. The van der Waals surface area contributed by atoms with Crippen LogP contribution in [0.3, 0.4) is 0 Å². The lowest BCUT2D eigenvalue weighted by Gasteiger charge is -2.26. The molecular weight excluding hydrogens is 158 g/mol. The van der Waals surface area contributed by atoms with Gasteiger partial charge >= 0.3 is 0 Å². The van der Waals surface area contributed by atoms with Gasteiger partial charge in [-0.2, -0.15) is 0 Å². The molecule has 0 aromatic heterocycles. The molecular formula is C12H25N. The molecule has 2 atom stereocenters. The van der Waals surface area contributed by atoms with E-state index in [-0.39, 0.29) is 0 Å². The van der Waals surface area contributed by atoms with Crippen LogP contribution in [0, 0.1) is 17.3 Å². The van der Waals surface area contributed by atoms with Crippen molar-refractivity contribution in [2.45, 2.75) is 46.5 Å². The van der Waals surface area contributed by atoms with Crippen LogP contribution in [0.4, 0.5) is 0 Å². The lowest BCUT2D eigenvalue weighted by Crippen LogP contribution is -2.18. The maximum Gasteiger partial charge on any atom is -0.00493 e. The Kier molecular flexibility index (Phi) is 3.78. The molecule has 1 aliphatic carbocycles. The van der Waals surface area contributed by atoms with Crippen LogP contribution in [0.25, 0.3) is 0 Å². The van der Waals surface area contributed by atoms with E-state index in [1.54, 1.807) is 0 Å². The van der Waals surface area contributed by atoms with Crippen molar-refractivity contribution in [3.63, 3.8) is 0 Å². The van der Waals surface area contributed by atoms with Crippen molar-refractivity contribution in [1.82, 2.24) is 5.32 Å². The van der Waals surface area contributed by atoms with Crippen molar-refractivity contribution < 1.29 is 0 Å². The summed E-state index contributed by atoms with van der Waals surface area (Å²) in [6.07, 6.45) is 5.76. The smallest absolute Gasteiger partial charge is 0.00493 e. The van der Waals surface area contributed by atoms with Gasteiger partial charge in [0.2, 0.25) is 0 Å². The second-order valence-corrected chi connectivity index (χ2v) is 5.63. The molecule has 1 saturated carbocycles. The summed E-state index contributed by atoms with van der Waals surface area (Å²) < 4.78 is 0. The molecule has 0 bridgehead atoms. The first-order valence-corrected chi connectivity index (χ1v) is 5.68. The van der Waals surface area contributed by atoms with Gasteiger partial charge in [-0.3, -0.25) is 0 Å². The van der Waals surface area contributed by atoms with E-state index in [1.807, 2.05) is 0 Å². The standard InChI is InChI=1S/C12H25N/c1-12(2,3)11-6-5-10(9-11)7-8-13-4/h10-11,13H,5-9H2,1-4H3. The highest BCUT2D eigenvalue weighted by atomic mass is 14.8. The van der Waals surface area contributed by atoms with Crippen molar-refractivity contribution in [3.8, 4) is 0 Å². The summed E-state index contributed by atoms with van der Waals surface area (Å²) in [6.45, 7) is 8.36. The summed E-state index contributed by atoms with van der Waals surface area (Å²) in [5, 5.41) is 3.25. The minimum absolute atomic E-state index is 0.536. The molecule has 1 heteroatoms. The first kappa shape index (κ1) is 11.0. The Labute approximate surface area is 83.3 Å². The summed E-state index contributed by atoms with van der Waals surface area (Å²) in [5.41, 5.74) is 0.536. The second kappa shape index (κ2) is 4.45. The third-order valence-electron chi connectivity index (χ3n) is 3.57. The van der Waals surface area contributed by atoms with Crippen LogP contribution in [0.5, 0.6) is 0 Å². The minimum atomic E-state index is 0.536. The molecule has 1 aliphatic rings. The first-order valence-electron chi connectivity index (χ1n) is 5.68. The Balaban J connectivity index is 2.28. The number of rotatable bonds is 3. The van der Waals surface area contributed by atoms with Crippen LogP contribution < -0.4 is 5.32 Å². The van der Waals surface area contributed by atoms with Gasteiger partial charge in [-0.25, -0.2) is 0 Å². The second-order valence-electron chi connectivity index (χ2n) is 5.63. The Morgan fingerprint density at radius 2 is 1.92 bits per heavy atom. The van der Waals surface area contributed by atoms with E-state index >= 15 is 0 Å². The summed E-state index contributed by atoms with van der Waals surface area (Å²) in [4.78, 5) is 0. The highest BCUT2D eigenvalue weighted by Gasteiger charge is 2.32. The molecule has 0 amide bonds. The molecule has 1 N–H and O–H groups in total. The van der Waals surface area contributed by atoms with Gasteiger partial charge in [0.1, 0.15) is 0 Å². The van der Waals surface area contributed by atoms with Gasteiger partial charge in [-0.05, 0) is 50.1 Å². The maximum absolute atomic E-state index is 3.25. The Bertz CT molecular complexity index is 146. The maximum atomic E-state index is 3.25. The highest BCUT2D eigenvalue weighted by molar-refractivity contribution is 4.83. The zero-order valence-corrected chi connectivity index (χ0v) is 9.69. The van der Waals surface area contributed by atoms with Crippen LogP contribution in [0.2, 0.25) is 0 Å². The van der Waals surface area contributed by atoms with Crippen molar-refractivity contribution >= 4 is 0 Å². The topological polar surface area (TPSA) is 12.0 Å². The van der Waals surface area contributed by atoms with E-state index in [9.17, 15) is 0 Å². The molecule has 2 unspecified atom stereocenters. The molecule has 1 fully saturated rings. The monoisotopic (exact) mass is 183 g/mol. The minimum Gasteiger partial charge on any atom is -0.320 e. The SMILES string of the molecule is CNCCC1CCC(C(C)(C)C)C1. The fraction of sp³-hybridized carbons (Fsp3) is 1.00. The highest BCUT2D eigenvalue weighted by Crippen LogP contribution is 2.42. The number of hydrogen-bond acceptors (Lipinski definition) is 1. The van der Waals surface area contributed by atoms with Gasteiger partial charge in [0.15, 0.2) is 0 Å². The lowest BCUT2D eigenvalue weighted by atomic mass is 9.79. The van der Waals surface area contributed by atoms with Crippen molar-refractivity contribution in [2.75, 3.05) is 13.6 Å². The largest absolute Gasteiger partial charge is 0.320 e. The van der Waals surface area contributed by atoms with Gasteiger partial charge < -0.3 is 5.32 Å². The van der Waals surface area contributed by atoms with Crippen LogP contribution in [-0.4, -0.2) is 13.6 Å². The van der Waals surface area contributed by atoms with E-state index in [2.05, 4.69) is 33.1 Å². The average molecular weight is 183 g/mol. The molecule has 0 aliphatic heterocycles. The predicted octanol–water partition coefficient (Wildman–Crippen LogP) is 3.06. The fourth-order valence-electron chi connectivity index (χ4n) is 2.47. The molecule has 13 heavy (non-hydrogen) atoms. The molecule has 0 spiro atoms. The number of nitrogens with one attached hydrogen (secondary N) is 1. The van der Waals surface area contributed by atoms with Crippen molar-refractivity contribution in [1.29, 1.82) is 0 Å². The van der Waals surface area contributed by atoms with Crippen LogP contribution in [-0.2, 0) is 0 Å². The first-order chi connectivity index (χ1) is 6.04. The van der Waals surface area contributed by atoms with Gasteiger partial charge in [0, 0.05) is 0 Å². The third kappa shape index (κ3) is 3.30. The van der Waals surface area contributed by atoms with Gasteiger partial charge in [-0.1, -0.05) is 27.2 Å². The molecule has 0 aromatic rings. The summed E-state index contributed by atoms with van der Waals surface area (Å²) in [7, 11) is 2.05. The van der Waals surface area contributed by atoms with Crippen molar-refractivity contribution in [3.05, 3.63) is 0 Å². The van der Waals surface area contributed by atoms with E-state index in [4.69, 9.17) is 0 Å². The Morgan fingerprint density at radius 3 is 2.38 bits per heavy atom. The molecule has 0 saturated heterocycles. The summed E-state index contributed by atoms with van der Waals surface area (Å²) in [5.74, 6) is 1.96. The quantitative estimate of drug-likeness (QED) is 0.709. The molecule has 0 aromatic carbocycles. The molecule has 78 valence electrons. The van der Waals surface area contributed by atoms with Crippen LogP contribution >= 0.6 is 0 Å². The van der Waals surface area contributed by atoms with Crippen molar-refractivity contribution in [2.24, 2.45) is 17.3 Å². The molecule has 0 heterocycles. The number of hydrogen-bond donors (Lipinski definition) is 1. The average Bonchev–Trinajstić information content (AvgIpc) is 2.47. The Morgan fingerprint density at radius 1 is 1.23 bits per heavy atom. The zero-order valence-electron chi connectivity index (χ0n) is 9.69. The summed E-state index contributed by atoms with van der Waals surface area (Å²) in [6, 6.07) is 0. The van der Waals surface area contributed by atoms with Crippen LogP contribution in [0.1, 0.15) is 46.5 Å². The van der Waals surface area contributed by atoms with Gasteiger partial charge in [0.05, 0.1) is 0 Å². The predicted molar refractivity (Wildman–Crippen MR) is 58.8 cm³/mol. The zero-order chi connectivity index (χ0) is 9.90. The summed E-state index contributed by atoms with van der Waals surface area (Å²) >= 11 is 0. The molecule has 1 nitrogen and oxygen atoms in total. The van der Waals surface area contributed by atoms with E-state index in [0.717, 1.165) is 11.8 Å². The third-order valence-corrected chi connectivity index (χ3v) is 3.57. The van der Waals surface area contributed by atoms with Crippen LogP contribution in [0.15, 0.2) is 0 Å². The fourth-order valence-corrected chi connectivity index (χ4v) is 2.47. The van der Waals surface area contributed by atoms with E-state index < -0.39 is 0 Å². The lowest BCUT2D eigenvalue weighted by molar-refractivity contribution is 0.237. The van der Waals surface area contributed by atoms with E-state index in [0.29, 0.717) is 5.41 Å². The molecule has 0 radical (unpaired) electrons. The molecule has 1 rings (SSSR count). The Hall–Kier alpha value is -0.0400. The van der Waals surface area contributed by atoms with Gasteiger partial charge in [-0.15, -0.1) is 0 Å².